The lowest BCUT2D eigenvalue weighted by Gasteiger charge is -2.14. The van der Waals surface area contributed by atoms with Gasteiger partial charge in [0.05, 0.1) is 64.8 Å². The molecule has 0 radical (unpaired) electrons. The molecule has 0 aliphatic carbocycles. The standard InChI is InChI=1S/C54H35N3/c1-3-14-36(15-4-1)37-26-30-41(31-27-37)55-48-22-10-8-19-43(48)46-34-38(28-32-51(46)55)39-29-33-52-47(35-39)44-20-9-12-24-50(44)57(52)53-25-13-21-45-42-18-7-11-23-49(42)56(54(45)53)40-16-5-2-6-17-40/h1-35H/i7D,8D,9D,10D,11D,12D,18D,19D,20D,21D,22D,23D,24D,28D,29D,32D,33D,34D,35D. The van der Waals surface area contributed by atoms with Crippen molar-refractivity contribution in [3.05, 3.63) is 212 Å². The molecule has 0 N–H and O–H groups in total. The summed E-state index contributed by atoms with van der Waals surface area (Å²) in [6.45, 7) is 0. The van der Waals surface area contributed by atoms with Crippen molar-refractivity contribution in [3.63, 3.8) is 0 Å². The predicted molar refractivity (Wildman–Crippen MR) is 240 cm³/mol. The Morgan fingerprint density at radius 1 is 0.298 bits per heavy atom. The van der Waals surface area contributed by atoms with Crippen LogP contribution in [0.15, 0.2) is 212 Å². The second-order valence-corrected chi connectivity index (χ2v) is 13.5. The van der Waals surface area contributed by atoms with Crippen LogP contribution in [0.4, 0.5) is 0 Å². The van der Waals surface area contributed by atoms with Gasteiger partial charge in [0, 0.05) is 43.7 Å². The summed E-state index contributed by atoms with van der Waals surface area (Å²) < 4.78 is 180. The first-order valence-corrected chi connectivity index (χ1v) is 18.1. The van der Waals surface area contributed by atoms with Crippen LogP contribution in [-0.4, -0.2) is 13.7 Å². The van der Waals surface area contributed by atoms with E-state index in [1.54, 1.807) is 54.6 Å². The van der Waals surface area contributed by atoms with Gasteiger partial charge in [-0.25, -0.2) is 0 Å². The fraction of sp³-hybridized carbons (Fsp3) is 0. The molecule has 0 atom stereocenters. The topological polar surface area (TPSA) is 14.8 Å². The van der Waals surface area contributed by atoms with E-state index in [0.29, 0.717) is 11.4 Å². The molecule has 3 nitrogen and oxygen atoms in total. The van der Waals surface area contributed by atoms with Crippen molar-refractivity contribution in [1.29, 1.82) is 0 Å². The van der Waals surface area contributed by atoms with Gasteiger partial charge in [-0.2, -0.15) is 0 Å². The van der Waals surface area contributed by atoms with Crippen molar-refractivity contribution < 1.29 is 26.0 Å². The summed E-state index contributed by atoms with van der Waals surface area (Å²) in [5, 5.41) is -1.01. The second-order valence-electron chi connectivity index (χ2n) is 13.5. The van der Waals surface area contributed by atoms with Crippen LogP contribution in [0.5, 0.6) is 0 Å². The third-order valence-electron chi connectivity index (χ3n) is 10.4. The van der Waals surface area contributed by atoms with Crippen LogP contribution in [-0.2, 0) is 0 Å². The number of hydrogen-bond acceptors (Lipinski definition) is 0. The molecule has 12 aromatic rings. The summed E-state index contributed by atoms with van der Waals surface area (Å²) >= 11 is 0. The van der Waals surface area contributed by atoms with Crippen molar-refractivity contribution in [2.75, 3.05) is 0 Å². The van der Waals surface area contributed by atoms with Gasteiger partial charge in [0.15, 0.2) is 0 Å². The second kappa shape index (κ2) is 12.5. The number of fused-ring (bicyclic) bond motifs is 9. The molecule has 0 unspecified atom stereocenters. The number of aromatic nitrogens is 3. The fourth-order valence-electron chi connectivity index (χ4n) is 7.89. The monoisotopic (exact) mass is 744 g/mol. The van der Waals surface area contributed by atoms with Crippen molar-refractivity contribution in [2.24, 2.45) is 0 Å². The molecule has 0 spiro atoms. The molecule has 0 aliphatic rings. The number of rotatable bonds is 5. The van der Waals surface area contributed by atoms with Gasteiger partial charge in [-0.05, 0) is 94.9 Å². The Kier molecular flexibility index (Phi) is 4.01. The lowest BCUT2D eigenvalue weighted by molar-refractivity contribution is 1.13. The fourth-order valence-corrected chi connectivity index (χ4v) is 7.89. The Bertz CT molecular complexity index is 4600. The molecule has 266 valence electrons. The smallest absolute Gasteiger partial charge is 0.0782 e. The zero-order valence-electron chi connectivity index (χ0n) is 48.6. The molecular formula is C54H35N3. The highest BCUT2D eigenvalue weighted by molar-refractivity contribution is 6.16. The summed E-state index contributed by atoms with van der Waals surface area (Å²) in [6.07, 6.45) is 0. The van der Waals surface area contributed by atoms with E-state index in [1.165, 1.54) is 25.8 Å². The minimum atomic E-state index is -0.767. The average molecular weight is 745 g/mol. The number of benzene rings is 9. The molecule has 0 aliphatic heterocycles. The summed E-state index contributed by atoms with van der Waals surface area (Å²) in [4.78, 5) is 0. The first-order valence-electron chi connectivity index (χ1n) is 27.6. The molecule has 0 saturated heterocycles. The molecule has 0 bridgehead atoms. The maximum atomic E-state index is 10.1. The van der Waals surface area contributed by atoms with E-state index in [2.05, 4.69) is 0 Å². The molecule has 0 amide bonds. The van der Waals surface area contributed by atoms with Gasteiger partial charge in [0.2, 0.25) is 0 Å². The Labute approximate surface area is 356 Å². The van der Waals surface area contributed by atoms with E-state index in [1.807, 2.05) is 30.3 Å². The van der Waals surface area contributed by atoms with Crippen LogP contribution >= 0.6 is 0 Å². The zero-order valence-corrected chi connectivity index (χ0v) is 29.6. The van der Waals surface area contributed by atoms with E-state index < -0.39 is 120 Å². The molecule has 3 heteroatoms. The predicted octanol–water partition coefficient (Wildman–Crippen LogP) is 14.3. The highest BCUT2D eigenvalue weighted by Crippen LogP contribution is 2.41. The third-order valence-corrected chi connectivity index (χ3v) is 10.4. The Morgan fingerprint density at radius 2 is 0.772 bits per heavy atom. The van der Waals surface area contributed by atoms with E-state index in [4.69, 9.17) is 12.3 Å². The maximum Gasteiger partial charge on any atom is 0.0782 e. The highest BCUT2D eigenvalue weighted by Gasteiger charge is 2.20. The quantitative estimate of drug-likeness (QED) is 0.167. The molecule has 0 fully saturated rings. The van der Waals surface area contributed by atoms with Gasteiger partial charge >= 0.3 is 0 Å². The lowest BCUT2D eigenvalue weighted by atomic mass is 10.0. The van der Waals surface area contributed by atoms with Gasteiger partial charge < -0.3 is 13.7 Å². The van der Waals surface area contributed by atoms with Crippen LogP contribution < -0.4 is 0 Å². The molecule has 9 aromatic carbocycles. The summed E-state index contributed by atoms with van der Waals surface area (Å²) in [5.41, 5.74) is 0.559. The first-order chi connectivity index (χ1) is 36.2. The molecule has 57 heavy (non-hydrogen) atoms. The third kappa shape index (κ3) is 4.79. The first kappa shape index (κ1) is 18.3. The van der Waals surface area contributed by atoms with Gasteiger partial charge in [0.25, 0.3) is 0 Å². The minimum absolute atomic E-state index is 0.00367. The van der Waals surface area contributed by atoms with Crippen LogP contribution in [0.1, 0.15) is 26.0 Å². The number of nitrogens with zero attached hydrogens (tertiary/aromatic N) is 3. The summed E-state index contributed by atoms with van der Waals surface area (Å²) in [6, 6.07) is 16.4. The zero-order chi connectivity index (χ0) is 54.0. The molecule has 3 aromatic heterocycles. The Hall–Kier alpha value is -7.62. The minimum Gasteiger partial charge on any atom is -0.309 e. The van der Waals surface area contributed by atoms with E-state index in [-0.39, 0.29) is 77.1 Å². The van der Waals surface area contributed by atoms with E-state index in [9.17, 15) is 13.7 Å². The summed E-state index contributed by atoms with van der Waals surface area (Å²) in [5.74, 6) is 0. The number of hydrogen-bond donors (Lipinski definition) is 0. The van der Waals surface area contributed by atoms with Crippen LogP contribution in [0.3, 0.4) is 0 Å². The molecule has 3 heterocycles. The highest BCUT2D eigenvalue weighted by atomic mass is 15.1. The molecule has 0 saturated carbocycles. The normalized spacial score (nSPS) is 16.5. The average Bonchev–Trinajstić information content (AvgIpc) is 4.15. The van der Waals surface area contributed by atoms with Gasteiger partial charge in [-0.3, -0.25) is 0 Å². The SMILES string of the molecule is [2H]c1c([2H])c([2H])c2c(c1[2H])c1c([2H])ccc(-n3c4c([2H])c([2H])c([2H])c([2H])c4c4c([2H])c(-c5c([2H])c([2H])c6c(c5[2H])c5c([2H])c([2H])c([2H])c([2H])c5n6-c5ccc(-c6ccccc6)cc5)c([2H])c([2H])c43)c1n2-c1ccccc1. The van der Waals surface area contributed by atoms with Gasteiger partial charge in [0.1, 0.15) is 0 Å². The lowest BCUT2D eigenvalue weighted by Crippen LogP contribution is -2.00. The van der Waals surface area contributed by atoms with E-state index >= 15 is 0 Å². The van der Waals surface area contributed by atoms with Crippen molar-refractivity contribution in [2.45, 2.75) is 0 Å². The van der Waals surface area contributed by atoms with Gasteiger partial charge in [-0.15, -0.1) is 0 Å². The molecule has 12 rings (SSSR count). The number of para-hydroxylation sites is 5. The van der Waals surface area contributed by atoms with E-state index in [0.717, 1.165) is 11.1 Å². The van der Waals surface area contributed by atoms with Crippen LogP contribution in [0.2, 0.25) is 0 Å². The van der Waals surface area contributed by atoms with Gasteiger partial charge in [-0.1, -0.05) is 139 Å². The Morgan fingerprint density at radius 3 is 1.40 bits per heavy atom. The van der Waals surface area contributed by atoms with Crippen LogP contribution in [0, 0.1) is 0 Å². The maximum absolute atomic E-state index is 10.1. The Balaban J connectivity index is 1.24. The largest absolute Gasteiger partial charge is 0.309 e. The van der Waals surface area contributed by atoms with Crippen molar-refractivity contribution in [3.8, 4) is 39.3 Å². The van der Waals surface area contributed by atoms with Crippen molar-refractivity contribution in [1.82, 2.24) is 13.7 Å². The summed E-state index contributed by atoms with van der Waals surface area (Å²) in [7, 11) is 0. The van der Waals surface area contributed by atoms with Crippen LogP contribution in [0.25, 0.3) is 105 Å². The molecular weight excluding hydrogens is 691 g/mol. The van der Waals surface area contributed by atoms with Crippen molar-refractivity contribution >= 4 is 65.4 Å².